The van der Waals surface area contributed by atoms with Crippen molar-refractivity contribution in [2.75, 3.05) is 6.54 Å². The van der Waals surface area contributed by atoms with E-state index in [2.05, 4.69) is 24.2 Å². The van der Waals surface area contributed by atoms with Gasteiger partial charge < -0.3 is 5.73 Å². The van der Waals surface area contributed by atoms with E-state index in [4.69, 9.17) is 11.0 Å². The van der Waals surface area contributed by atoms with Crippen LogP contribution in [0, 0.1) is 16.7 Å². The Morgan fingerprint density at radius 2 is 2.29 bits per heavy atom. The molecule has 0 aliphatic carbocycles. The van der Waals surface area contributed by atoms with Crippen LogP contribution in [0.15, 0.2) is 30.4 Å². The second-order valence-corrected chi connectivity index (χ2v) is 2.99. The molecule has 0 fully saturated rings. The first-order chi connectivity index (χ1) is 6.70. The number of rotatable bonds is 6. The minimum absolute atomic E-state index is 0.464. The molecule has 0 aliphatic heterocycles. The van der Waals surface area contributed by atoms with Crippen molar-refractivity contribution in [2.45, 2.75) is 19.8 Å². The summed E-state index contributed by atoms with van der Waals surface area (Å²) in [6.07, 6.45) is 4.30. The van der Waals surface area contributed by atoms with E-state index in [1.807, 2.05) is 6.92 Å². The van der Waals surface area contributed by atoms with Gasteiger partial charge in [0.05, 0.1) is 11.8 Å². The van der Waals surface area contributed by atoms with E-state index in [0.717, 1.165) is 0 Å². The fraction of sp³-hybridized carbons (Fsp3) is 0.455. The SMILES string of the molecule is C=CN=C(C=C)C(C#N)(CC)CCN. The van der Waals surface area contributed by atoms with Crippen LogP contribution < -0.4 is 5.73 Å². The van der Waals surface area contributed by atoms with E-state index < -0.39 is 5.41 Å². The largest absolute Gasteiger partial charge is 0.330 e. The van der Waals surface area contributed by atoms with E-state index >= 15 is 0 Å². The Balaban J connectivity index is 5.15. The van der Waals surface area contributed by atoms with Gasteiger partial charge in [0.25, 0.3) is 0 Å². The molecular formula is C11H17N3. The first-order valence-corrected chi connectivity index (χ1v) is 4.63. The van der Waals surface area contributed by atoms with Crippen LogP contribution in [-0.2, 0) is 0 Å². The number of nitrogens with two attached hydrogens (primary N) is 1. The summed E-state index contributed by atoms with van der Waals surface area (Å²) in [5.41, 5.74) is 5.54. The number of nitriles is 1. The third kappa shape index (κ3) is 2.54. The lowest BCUT2D eigenvalue weighted by Crippen LogP contribution is -2.30. The van der Waals surface area contributed by atoms with Crippen LogP contribution in [-0.4, -0.2) is 12.3 Å². The standard InChI is InChI=1S/C11H17N3/c1-4-10(14-6-3)11(5-2,9-13)7-8-12/h4,6H,1,3,5,7-8,12H2,2H3. The number of allylic oxidation sites excluding steroid dienone is 1. The van der Waals surface area contributed by atoms with Crippen LogP contribution in [0.5, 0.6) is 0 Å². The molecule has 0 aromatic rings. The molecular weight excluding hydrogens is 174 g/mol. The highest BCUT2D eigenvalue weighted by molar-refractivity contribution is 6.01. The van der Waals surface area contributed by atoms with Crippen molar-refractivity contribution in [3.63, 3.8) is 0 Å². The fourth-order valence-corrected chi connectivity index (χ4v) is 1.39. The van der Waals surface area contributed by atoms with Crippen molar-refractivity contribution in [1.29, 1.82) is 5.26 Å². The molecule has 2 N–H and O–H groups in total. The summed E-state index contributed by atoms with van der Waals surface area (Å²) in [6, 6.07) is 2.27. The Labute approximate surface area is 85.6 Å². The molecule has 1 unspecified atom stereocenters. The molecule has 0 saturated carbocycles. The van der Waals surface area contributed by atoms with E-state index in [-0.39, 0.29) is 0 Å². The second-order valence-electron chi connectivity index (χ2n) is 2.99. The number of hydrogen-bond acceptors (Lipinski definition) is 3. The van der Waals surface area contributed by atoms with Crippen molar-refractivity contribution in [3.8, 4) is 6.07 Å². The van der Waals surface area contributed by atoms with Crippen molar-refractivity contribution in [1.82, 2.24) is 0 Å². The third-order valence-electron chi connectivity index (χ3n) is 2.30. The van der Waals surface area contributed by atoms with Gasteiger partial charge in [0.1, 0.15) is 5.41 Å². The van der Waals surface area contributed by atoms with Gasteiger partial charge in [0.2, 0.25) is 0 Å². The molecule has 14 heavy (non-hydrogen) atoms. The molecule has 0 amide bonds. The van der Waals surface area contributed by atoms with Crippen LogP contribution in [0.1, 0.15) is 19.8 Å². The lowest BCUT2D eigenvalue weighted by Gasteiger charge is -2.24. The second kappa shape index (κ2) is 6.11. The lowest BCUT2D eigenvalue weighted by atomic mass is 9.78. The van der Waals surface area contributed by atoms with Gasteiger partial charge in [0, 0.05) is 6.20 Å². The van der Waals surface area contributed by atoms with Crippen molar-refractivity contribution in [2.24, 2.45) is 16.1 Å². The number of aliphatic imine (C=N–C) groups is 1. The summed E-state index contributed by atoms with van der Waals surface area (Å²) in [5.74, 6) is 0. The lowest BCUT2D eigenvalue weighted by molar-refractivity contribution is 0.492. The molecule has 0 radical (unpaired) electrons. The average molecular weight is 191 g/mol. The molecule has 0 saturated heterocycles. The summed E-state index contributed by atoms with van der Waals surface area (Å²) in [5, 5.41) is 9.17. The minimum Gasteiger partial charge on any atom is -0.330 e. The molecule has 1 atom stereocenters. The highest BCUT2D eigenvalue weighted by atomic mass is 14.7. The zero-order chi connectivity index (χ0) is 11.0. The first-order valence-electron chi connectivity index (χ1n) is 4.63. The van der Waals surface area contributed by atoms with Crippen LogP contribution in [0.2, 0.25) is 0 Å². The van der Waals surface area contributed by atoms with Crippen LogP contribution in [0.25, 0.3) is 0 Å². The minimum atomic E-state index is -0.606. The molecule has 0 rings (SSSR count). The molecule has 3 nitrogen and oxygen atoms in total. The average Bonchev–Trinajstić information content (AvgIpc) is 2.23. The van der Waals surface area contributed by atoms with Gasteiger partial charge in [-0.3, -0.25) is 4.99 Å². The van der Waals surface area contributed by atoms with Gasteiger partial charge in [-0.05, 0) is 25.5 Å². The molecule has 3 heteroatoms. The molecule has 0 aliphatic rings. The molecule has 76 valence electrons. The van der Waals surface area contributed by atoms with Gasteiger partial charge in [-0.2, -0.15) is 5.26 Å². The molecule has 0 bridgehead atoms. The van der Waals surface area contributed by atoms with Gasteiger partial charge in [-0.25, -0.2) is 0 Å². The quantitative estimate of drug-likeness (QED) is 0.653. The zero-order valence-electron chi connectivity index (χ0n) is 8.66. The first kappa shape index (κ1) is 12.6. The third-order valence-corrected chi connectivity index (χ3v) is 2.30. The maximum absolute atomic E-state index is 9.17. The zero-order valence-corrected chi connectivity index (χ0v) is 8.66. The Hall–Kier alpha value is -1.40. The highest BCUT2D eigenvalue weighted by Crippen LogP contribution is 2.27. The molecule has 0 aromatic heterocycles. The summed E-state index contributed by atoms with van der Waals surface area (Å²) >= 11 is 0. The number of nitrogens with zero attached hydrogens (tertiary/aromatic N) is 2. The van der Waals surface area contributed by atoms with Gasteiger partial charge in [-0.15, -0.1) is 0 Å². The smallest absolute Gasteiger partial charge is 0.100 e. The van der Waals surface area contributed by atoms with E-state index in [1.165, 1.54) is 6.20 Å². The maximum Gasteiger partial charge on any atom is 0.100 e. The predicted molar refractivity (Wildman–Crippen MR) is 59.8 cm³/mol. The van der Waals surface area contributed by atoms with Gasteiger partial charge in [-0.1, -0.05) is 20.1 Å². The Morgan fingerprint density at radius 1 is 1.64 bits per heavy atom. The summed E-state index contributed by atoms with van der Waals surface area (Å²) in [4.78, 5) is 4.06. The van der Waals surface area contributed by atoms with Crippen molar-refractivity contribution < 1.29 is 0 Å². The molecule has 0 aromatic carbocycles. The summed E-state index contributed by atoms with van der Waals surface area (Å²) in [6.45, 7) is 9.58. The monoisotopic (exact) mass is 191 g/mol. The van der Waals surface area contributed by atoms with Crippen LogP contribution in [0.3, 0.4) is 0 Å². The van der Waals surface area contributed by atoms with Crippen LogP contribution in [0.4, 0.5) is 0 Å². The Bertz CT molecular complexity index is 273. The van der Waals surface area contributed by atoms with Crippen LogP contribution >= 0.6 is 0 Å². The topological polar surface area (TPSA) is 62.2 Å². The molecule has 0 spiro atoms. The number of hydrogen-bond donors (Lipinski definition) is 1. The van der Waals surface area contributed by atoms with E-state index in [9.17, 15) is 0 Å². The summed E-state index contributed by atoms with van der Waals surface area (Å²) < 4.78 is 0. The molecule has 0 heterocycles. The highest BCUT2D eigenvalue weighted by Gasteiger charge is 2.31. The summed E-state index contributed by atoms with van der Waals surface area (Å²) in [7, 11) is 0. The maximum atomic E-state index is 9.17. The van der Waals surface area contributed by atoms with Crippen molar-refractivity contribution >= 4 is 5.71 Å². The van der Waals surface area contributed by atoms with Gasteiger partial charge in [0.15, 0.2) is 0 Å². The van der Waals surface area contributed by atoms with E-state index in [1.54, 1.807) is 6.08 Å². The van der Waals surface area contributed by atoms with Crippen molar-refractivity contribution in [3.05, 3.63) is 25.4 Å². The fourth-order valence-electron chi connectivity index (χ4n) is 1.39. The Kier molecular flexibility index (Phi) is 5.50. The van der Waals surface area contributed by atoms with E-state index in [0.29, 0.717) is 25.1 Å². The Morgan fingerprint density at radius 3 is 2.57 bits per heavy atom. The van der Waals surface area contributed by atoms with Gasteiger partial charge >= 0.3 is 0 Å². The predicted octanol–water partition coefficient (Wildman–Crippen LogP) is 2.03. The normalized spacial score (nSPS) is 15.4.